The summed E-state index contributed by atoms with van der Waals surface area (Å²) < 4.78 is 58.5. The van der Waals surface area contributed by atoms with Crippen LogP contribution in [0.3, 0.4) is 0 Å². The molecular weight excluding hydrogens is 422 g/mol. The highest BCUT2D eigenvalue weighted by Crippen LogP contribution is 2.22. The van der Waals surface area contributed by atoms with E-state index in [-0.39, 0.29) is 33.9 Å². The molecule has 3 rings (SSSR count). The second-order valence-electron chi connectivity index (χ2n) is 6.18. The van der Waals surface area contributed by atoms with Crippen LogP contribution in [0.15, 0.2) is 46.3 Å². The zero-order valence-electron chi connectivity index (χ0n) is 15.7. The Hall–Kier alpha value is -2.43. The van der Waals surface area contributed by atoms with Crippen LogP contribution in [-0.4, -0.2) is 38.4 Å². The Morgan fingerprint density at radius 1 is 1.24 bits per heavy atom. The molecule has 3 aromatic rings. The van der Waals surface area contributed by atoms with E-state index in [1.165, 1.54) is 34.9 Å². The maximum atomic E-state index is 14.4. The van der Waals surface area contributed by atoms with E-state index in [0.29, 0.717) is 11.3 Å². The first-order valence-corrected chi connectivity index (χ1v) is 11.4. The number of benzene rings is 2. The van der Waals surface area contributed by atoms with Gasteiger partial charge in [0.15, 0.2) is 20.5 Å². The molecule has 1 amide bonds. The molecule has 0 unspecified atom stereocenters. The van der Waals surface area contributed by atoms with Gasteiger partial charge < -0.3 is 9.30 Å². The van der Waals surface area contributed by atoms with Crippen molar-refractivity contribution in [2.45, 2.75) is 18.4 Å². The number of rotatable bonds is 6. The number of fused-ring (bicyclic) bond motifs is 1. The number of hydrogen-bond acceptors (Lipinski definition) is 5. The fourth-order valence-corrected chi connectivity index (χ4v) is 4.49. The Morgan fingerprint density at radius 3 is 2.69 bits per heavy atom. The number of aromatic nitrogens is 1. The molecular formula is C19H18F2N2O4S2. The fourth-order valence-electron chi connectivity index (χ4n) is 2.73. The van der Waals surface area contributed by atoms with Gasteiger partial charge in [-0.2, -0.15) is 4.99 Å². The first-order valence-electron chi connectivity index (χ1n) is 8.66. The van der Waals surface area contributed by atoms with Crippen LogP contribution < -0.4 is 4.80 Å². The van der Waals surface area contributed by atoms with E-state index in [9.17, 15) is 22.0 Å². The molecule has 0 N–H and O–H groups in total. The Morgan fingerprint density at radius 2 is 2.00 bits per heavy atom. The lowest BCUT2D eigenvalue weighted by molar-refractivity contribution is 0.0996. The summed E-state index contributed by atoms with van der Waals surface area (Å²) in [6.07, 6.45) is 1.04. The fraction of sp³-hybridized carbons (Fsp3) is 0.263. The molecule has 0 aliphatic carbocycles. The van der Waals surface area contributed by atoms with Gasteiger partial charge >= 0.3 is 0 Å². The predicted molar refractivity (Wildman–Crippen MR) is 106 cm³/mol. The molecule has 0 spiro atoms. The number of thiazole rings is 1. The Kier molecular flexibility index (Phi) is 6.25. The third-order valence-electron chi connectivity index (χ3n) is 4.06. The molecule has 0 bridgehead atoms. The number of carbonyl (C=O) groups is 1. The number of ether oxygens (including phenoxy) is 1. The van der Waals surface area contributed by atoms with E-state index in [0.717, 1.165) is 23.7 Å². The molecule has 0 aliphatic heterocycles. The third-order valence-corrected chi connectivity index (χ3v) is 6.20. The quantitative estimate of drug-likeness (QED) is 0.552. The largest absolute Gasteiger partial charge is 0.380 e. The molecule has 1 aromatic heterocycles. The summed E-state index contributed by atoms with van der Waals surface area (Å²) in [4.78, 5) is 16.8. The van der Waals surface area contributed by atoms with Gasteiger partial charge in [0, 0.05) is 31.0 Å². The maximum Gasteiger partial charge on any atom is 0.279 e. The molecule has 1 heterocycles. The number of sulfone groups is 1. The molecule has 2 aromatic carbocycles. The standard InChI is InChI=1S/C19H18F2N2O4S2/c1-3-27-8-7-23-17-15(21)10-13(20)11-16(17)28-19(23)22-18(24)12-5-4-6-14(9-12)29(2,25)26/h4-6,9-11H,3,7-8H2,1-2H3. The molecule has 6 nitrogen and oxygen atoms in total. The van der Waals surface area contributed by atoms with E-state index in [2.05, 4.69) is 4.99 Å². The maximum absolute atomic E-state index is 14.4. The first-order chi connectivity index (χ1) is 13.7. The second kappa shape index (κ2) is 8.52. The van der Waals surface area contributed by atoms with E-state index >= 15 is 0 Å². The molecule has 10 heteroatoms. The van der Waals surface area contributed by atoms with Crippen molar-refractivity contribution in [1.82, 2.24) is 4.57 Å². The second-order valence-corrected chi connectivity index (χ2v) is 9.21. The molecule has 154 valence electrons. The van der Waals surface area contributed by atoms with Gasteiger partial charge in [0.1, 0.15) is 5.82 Å². The highest BCUT2D eigenvalue weighted by Gasteiger charge is 2.15. The van der Waals surface area contributed by atoms with Gasteiger partial charge in [0.05, 0.1) is 21.7 Å². The SMILES string of the molecule is CCOCCn1c(=NC(=O)c2cccc(S(C)(=O)=O)c2)sc2cc(F)cc(F)c21. The summed E-state index contributed by atoms with van der Waals surface area (Å²) in [7, 11) is -3.49. The molecule has 0 atom stereocenters. The monoisotopic (exact) mass is 440 g/mol. The minimum absolute atomic E-state index is 0.00720. The lowest BCUT2D eigenvalue weighted by atomic mass is 10.2. The van der Waals surface area contributed by atoms with Crippen LogP contribution in [0.2, 0.25) is 0 Å². The first kappa shape index (κ1) is 21.3. The number of halogens is 2. The molecule has 0 radical (unpaired) electrons. The van der Waals surface area contributed by atoms with Crippen LogP contribution in [0.1, 0.15) is 17.3 Å². The zero-order valence-corrected chi connectivity index (χ0v) is 17.3. The summed E-state index contributed by atoms with van der Waals surface area (Å²) in [5, 5.41) is 0. The van der Waals surface area contributed by atoms with Crippen LogP contribution in [0.5, 0.6) is 0 Å². The summed E-state index contributed by atoms with van der Waals surface area (Å²) >= 11 is 0.965. The highest BCUT2D eigenvalue weighted by molar-refractivity contribution is 7.90. The average Bonchev–Trinajstić information content (AvgIpc) is 2.98. The van der Waals surface area contributed by atoms with Crippen LogP contribution >= 0.6 is 11.3 Å². The van der Waals surface area contributed by atoms with E-state index in [1.807, 2.05) is 6.92 Å². The van der Waals surface area contributed by atoms with Crippen LogP contribution in [0.4, 0.5) is 8.78 Å². The summed E-state index contributed by atoms with van der Waals surface area (Å²) in [6.45, 7) is 2.75. The van der Waals surface area contributed by atoms with Crippen LogP contribution in [-0.2, 0) is 21.1 Å². The summed E-state index contributed by atoms with van der Waals surface area (Å²) in [5.41, 5.74) is 0.209. The van der Waals surface area contributed by atoms with Gasteiger partial charge in [0.25, 0.3) is 5.91 Å². The number of nitrogens with zero attached hydrogens (tertiary/aromatic N) is 2. The number of hydrogen-bond donors (Lipinski definition) is 0. The van der Waals surface area contributed by atoms with Crippen molar-refractivity contribution in [3.05, 3.63) is 58.4 Å². The van der Waals surface area contributed by atoms with Gasteiger partial charge in [-0.15, -0.1) is 0 Å². The van der Waals surface area contributed by atoms with E-state index in [1.54, 1.807) is 0 Å². The Balaban J connectivity index is 2.12. The lowest BCUT2D eigenvalue weighted by Gasteiger charge is -2.06. The van der Waals surface area contributed by atoms with Gasteiger partial charge in [-0.3, -0.25) is 4.79 Å². The normalized spacial score (nSPS) is 12.6. The van der Waals surface area contributed by atoms with Gasteiger partial charge in [-0.1, -0.05) is 17.4 Å². The zero-order chi connectivity index (χ0) is 21.2. The van der Waals surface area contributed by atoms with Crippen LogP contribution in [0, 0.1) is 11.6 Å². The van der Waals surface area contributed by atoms with Crippen molar-refractivity contribution < 1.29 is 26.7 Å². The summed E-state index contributed by atoms with van der Waals surface area (Å²) in [5.74, 6) is -2.18. The Labute approximate surface area is 170 Å². The topological polar surface area (TPSA) is 77.7 Å². The van der Waals surface area contributed by atoms with Crippen molar-refractivity contribution >= 4 is 37.3 Å². The predicted octanol–water partition coefficient (Wildman–Crippen LogP) is 3.16. The van der Waals surface area contributed by atoms with Crippen LogP contribution in [0.25, 0.3) is 10.2 Å². The summed E-state index contributed by atoms with van der Waals surface area (Å²) in [6, 6.07) is 7.45. The van der Waals surface area contributed by atoms with Crippen molar-refractivity contribution in [2.75, 3.05) is 19.5 Å². The average molecular weight is 440 g/mol. The van der Waals surface area contributed by atoms with Crippen molar-refractivity contribution in [3.63, 3.8) is 0 Å². The van der Waals surface area contributed by atoms with Crippen molar-refractivity contribution in [3.8, 4) is 0 Å². The van der Waals surface area contributed by atoms with Crippen molar-refractivity contribution in [2.24, 2.45) is 4.99 Å². The number of carbonyl (C=O) groups excluding carboxylic acids is 1. The smallest absolute Gasteiger partial charge is 0.279 e. The highest BCUT2D eigenvalue weighted by atomic mass is 32.2. The lowest BCUT2D eigenvalue weighted by Crippen LogP contribution is -2.20. The van der Waals surface area contributed by atoms with Crippen molar-refractivity contribution in [1.29, 1.82) is 0 Å². The molecule has 29 heavy (non-hydrogen) atoms. The minimum Gasteiger partial charge on any atom is -0.380 e. The van der Waals surface area contributed by atoms with Gasteiger partial charge in [0.2, 0.25) is 0 Å². The van der Waals surface area contributed by atoms with Gasteiger partial charge in [-0.05, 0) is 31.2 Å². The molecule has 0 saturated carbocycles. The Bertz CT molecular complexity index is 1250. The minimum atomic E-state index is -3.49. The molecule has 0 saturated heterocycles. The van der Waals surface area contributed by atoms with E-state index in [4.69, 9.17) is 4.74 Å². The third kappa shape index (κ3) is 4.77. The van der Waals surface area contributed by atoms with Gasteiger partial charge in [-0.25, -0.2) is 17.2 Å². The molecule has 0 aliphatic rings. The number of amides is 1. The van der Waals surface area contributed by atoms with E-state index < -0.39 is 27.4 Å². The molecule has 0 fully saturated rings.